The SMILES string of the molecule is FC(F)(F)SNc1ccc(Cl)cc1. The minimum Gasteiger partial charge on any atom is -0.323 e. The topological polar surface area (TPSA) is 12.0 Å². The molecule has 1 aromatic carbocycles. The molecule has 0 heterocycles. The number of nitrogens with one attached hydrogen (secondary N) is 1. The van der Waals surface area contributed by atoms with E-state index in [1.807, 2.05) is 0 Å². The van der Waals surface area contributed by atoms with Crippen molar-refractivity contribution < 1.29 is 13.2 Å². The van der Waals surface area contributed by atoms with Crippen LogP contribution in [-0.2, 0) is 0 Å². The number of hydrogen-bond donors (Lipinski definition) is 1. The van der Waals surface area contributed by atoms with Crippen LogP contribution in [0.4, 0.5) is 18.9 Å². The summed E-state index contributed by atoms with van der Waals surface area (Å²) >= 11 is 5.24. The first-order valence-corrected chi connectivity index (χ1v) is 4.43. The number of halogens is 4. The summed E-state index contributed by atoms with van der Waals surface area (Å²) in [5, 5.41) is 0.488. The lowest BCUT2D eigenvalue weighted by Gasteiger charge is -2.07. The average Bonchev–Trinajstić information content (AvgIpc) is 2.02. The van der Waals surface area contributed by atoms with Crippen LogP contribution >= 0.6 is 23.5 Å². The van der Waals surface area contributed by atoms with Gasteiger partial charge in [0.15, 0.2) is 0 Å². The Labute approximate surface area is 82.4 Å². The molecular weight excluding hydrogens is 223 g/mol. The van der Waals surface area contributed by atoms with Crippen LogP contribution in [-0.4, -0.2) is 5.51 Å². The van der Waals surface area contributed by atoms with E-state index in [1.165, 1.54) is 24.3 Å². The molecule has 13 heavy (non-hydrogen) atoms. The highest BCUT2D eigenvalue weighted by Crippen LogP contribution is 2.31. The fraction of sp³-hybridized carbons (Fsp3) is 0.143. The Morgan fingerprint density at radius 3 is 2.15 bits per heavy atom. The molecule has 0 bridgehead atoms. The van der Waals surface area contributed by atoms with E-state index in [0.717, 1.165) is 0 Å². The van der Waals surface area contributed by atoms with Gasteiger partial charge in [0.05, 0.1) is 11.9 Å². The summed E-state index contributed by atoms with van der Waals surface area (Å²) in [4.78, 5) is 0. The van der Waals surface area contributed by atoms with Crippen molar-refractivity contribution in [2.24, 2.45) is 0 Å². The monoisotopic (exact) mass is 227 g/mol. The molecule has 1 nitrogen and oxygen atoms in total. The van der Waals surface area contributed by atoms with E-state index in [0.29, 0.717) is 10.7 Å². The molecule has 0 unspecified atom stereocenters. The van der Waals surface area contributed by atoms with Crippen molar-refractivity contribution in [3.8, 4) is 0 Å². The fourth-order valence-corrected chi connectivity index (χ4v) is 1.13. The maximum absolute atomic E-state index is 11.7. The maximum Gasteiger partial charge on any atom is 0.461 e. The molecular formula is C7H5ClF3NS. The van der Waals surface area contributed by atoms with Crippen LogP contribution in [0.2, 0.25) is 5.02 Å². The Morgan fingerprint density at radius 2 is 1.69 bits per heavy atom. The van der Waals surface area contributed by atoms with Crippen molar-refractivity contribution in [3.63, 3.8) is 0 Å². The van der Waals surface area contributed by atoms with Crippen LogP contribution in [0.1, 0.15) is 0 Å². The Morgan fingerprint density at radius 1 is 1.15 bits per heavy atom. The minimum atomic E-state index is -4.28. The third-order valence-corrected chi connectivity index (χ3v) is 1.95. The van der Waals surface area contributed by atoms with E-state index in [1.54, 1.807) is 0 Å². The van der Waals surface area contributed by atoms with Crippen LogP contribution in [0.3, 0.4) is 0 Å². The second-order valence-electron chi connectivity index (χ2n) is 2.16. The highest BCUT2D eigenvalue weighted by atomic mass is 35.5. The van der Waals surface area contributed by atoms with Crippen molar-refractivity contribution in [2.75, 3.05) is 4.72 Å². The Hall–Kier alpha value is -0.550. The van der Waals surface area contributed by atoms with Crippen molar-refractivity contribution in [1.29, 1.82) is 0 Å². The molecule has 0 aliphatic rings. The number of alkyl halides is 3. The number of benzene rings is 1. The summed E-state index contributed by atoms with van der Waals surface area (Å²) in [6.07, 6.45) is 0. The average molecular weight is 228 g/mol. The van der Waals surface area contributed by atoms with Crippen LogP contribution in [0.15, 0.2) is 24.3 Å². The van der Waals surface area contributed by atoms with E-state index in [-0.39, 0.29) is 11.9 Å². The lowest BCUT2D eigenvalue weighted by atomic mass is 10.3. The highest BCUT2D eigenvalue weighted by Gasteiger charge is 2.28. The van der Waals surface area contributed by atoms with Gasteiger partial charge >= 0.3 is 5.51 Å². The van der Waals surface area contributed by atoms with Gasteiger partial charge in [-0.25, -0.2) is 0 Å². The minimum absolute atomic E-state index is 0.301. The highest BCUT2D eigenvalue weighted by molar-refractivity contribution is 8.01. The van der Waals surface area contributed by atoms with E-state index in [9.17, 15) is 13.2 Å². The fourth-order valence-electron chi connectivity index (χ4n) is 0.635. The Balaban J connectivity index is 2.51. The standard InChI is InChI=1S/C7H5ClF3NS/c8-5-1-3-6(4-2-5)12-13-7(9,10)11/h1-4,12H. The summed E-state index contributed by atoms with van der Waals surface area (Å²) in [5.74, 6) is 0. The van der Waals surface area contributed by atoms with Crippen LogP contribution < -0.4 is 4.72 Å². The summed E-state index contributed by atoms with van der Waals surface area (Å²) in [6, 6.07) is 5.98. The van der Waals surface area contributed by atoms with Crippen LogP contribution in [0, 0.1) is 0 Å². The second-order valence-corrected chi connectivity index (χ2v) is 3.46. The third kappa shape index (κ3) is 4.28. The molecule has 72 valence electrons. The van der Waals surface area contributed by atoms with Crippen LogP contribution in [0.25, 0.3) is 0 Å². The van der Waals surface area contributed by atoms with Gasteiger partial charge in [0, 0.05) is 10.7 Å². The second kappa shape index (κ2) is 4.11. The molecule has 1 rings (SSSR count). The summed E-state index contributed by atoms with van der Waals surface area (Å²) in [7, 11) is 0. The molecule has 0 spiro atoms. The molecule has 0 fully saturated rings. The third-order valence-electron chi connectivity index (χ3n) is 1.13. The van der Waals surface area contributed by atoms with Crippen molar-refractivity contribution >= 4 is 29.2 Å². The normalized spacial score (nSPS) is 11.4. The van der Waals surface area contributed by atoms with Crippen LogP contribution in [0.5, 0.6) is 0 Å². The predicted octanol–water partition coefficient (Wildman–Crippen LogP) is 3.92. The zero-order valence-electron chi connectivity index (χ0n) is 6.23. The molecule has 0 saturated carbocycles. The Kier molecular flexibility index (Phi) is 3.33. The van der Waals surface area contributed by atoms with E-state index in [4.69, 9.17) is 11.6 Å². The molecule has 6 heteroatoms. The first-order chi connectivity index (χ1) is 5.97. The van der Waals surface area contributed by atoms with Gasteiger partial charge in [-0.1, -0.05) is 11.6 Å². The summed E-state index contributed by atoms with van der Waals surface area (Å²) in [6.45, 7) is 0. The zero-order chi connectivity index (χ0) is 9.90. The molecule has 0 aliphatic heterocycles. The van der Waals surface area contributed by atoms with Gasteiger partial charge in [-0.2, -0.15) is 13.2 Å². The van der Waals surface area contributed by atoms with Gasteiger partial charge in [0.25, 0.3) is 0 Å². The van der Waals surface area contributed by atoms with E-state index < -0.39 is 5.51 Å². The quantitative estimate of drug-likeness (QED) is 0.769. The largest absolute Gasteiger partial charge is 0.461 e. The molecule has 0 radical (unpaired) electrons. The van der Waals surface area contributed by atoms with Gasteiger partial charge < -0.3 is 4.72 Å². The first-order valence-electron chi connectivity index (χ1n) is 3.24. The van der Waals surface area contributed by atoms with E-state index in [2.05, 4.69) is 4.72 Å². The molecule has 0 aromatic heterocycles. The summed E-state index contributed by atoms with van der Waals surface area (Å²) < 4.78 is 37.2. The van der Waals surface area contributed by atoms with Crippen molar-refractivity contribution in [3.05, 3.63) is 29.3 Å². The molecule has 1 aromatic rings. The predicted molar refractivity (Wildman–Crippen MR) is 48.7 cm³/mol. The summed E-state index contributed by atoms with van der Waals surface area (Å²) in [5.41, 5.74) is -3.91. The molecule has 1 N–H and O–H groups in total. The molecule has 0 atom stereocenters. The lowest BCUT2D eigenvalue weighted by molar-refractivity contribution is -0.0323. The van der Waals surface area contributed by atoms with Gasteiger partial charge in [0.2, 0.25) is 0 Å². The lowest BCUT2D eigenvalue weighted by Crippen LogP contribution is -2.04. The van der Waals surface area contributed by atoms with Gasteiger partial charge in [0.1, 0.15) is 0 Å². The van der Waals surface area contributed by atoms with Gasteiger partial charge in [-0.15, -0.1) is 0 Å². The maximum atomic E-state index is 11.7. The number of rotatable bonds is 2. The van der Waals surface area contributed by atoms with E-state index >= 15 is 0 Å². The molecule has 0 aliphatic carbocycles. The number of hydrogen-bond acceptors (Lipinski definition) is 2. The first kappa shape index (κ1) is 10.5. The Bertz CT molecular complexity index is 272. The van der Waals surface area contributed by atoms with Gasteiger partial charge in [-0.05, 0) is 24.3 Å². The smallest absolute Gasteiger partial charge is 0.323 e. The molecule has 0 saturated heterocycles. The number of anilines is 1. The van der Waals surface area contributed by atoms with Crippen molar-refractivity contribution in [1.82, 2.24) is 0 Å². The van der Waals surface area contributed by atoms with Crippen molar-refractivity contribution in [2.45, 2.75) is 5.51 Å². The zero-order valence-corrected chi connectivity index (χ0v) is 7.80. The molecule has 0 amide bonds. The van der Waals surface area contributed by atoms with Gasteiger partial charge in [-0.3, -0.25) is 0 Å².